The normalized spacial score (nSPS) is 32.5. The van der Waals surface area contributed by atoms with E-state index in [1.54, 1.807) is 6.08 Å². The molecule has 2 saturated heterocycles. The summed E-state index contributed by atoms with van der Waals surface area (Å²) in [6.07, 6.45) is 1.45. The van der Waals surface area contributed by atoms with Crippen molar-refractivity contribution >= 4 is 52.5 Å². The monoisotopic (exact) mass is 604 g/mol. The van der Waals surface area contributed by atoms with Gasteiger partial charge in [0.05, 0.1) is 31.7 Å². The van der Waals surface area contributed by atoms with E-state index >= 15 is 0 Å². The largest absolute Gasteiger partial charge is 0.502 e. The number of amides is 4. The molecule has 2 heterocycles. The molecule has 2 aliphatic heterocycles. The van der Waals surface area contributed by atoms with Crippen molar-refractivity contribution in [3.8, 4) is 17.2 Å². The zero-order valence-corrected chi connectivity index (χ0v) is 23.1. The van der Waals surface area contributed by atoms with E-state index in [1.807, 2.05) is 0 Å². The smallest absolute Gasteiger partial charge is 0.258 e. The summed E-state index contributed by atoms with van der Waals surface area (Å²) in [6.45, 7) is 0. The van der Waals surface area contributed by atoms with Gasteiger partial charge in [0.15, 0.2) is 21.2 Å². The highest BCUT2D eigenvalue weighted by molar-refractivity contribution is 6.58. The Morgan fingerprint density at radius 3 is 2.15 bits per heavy atom. The number of allylic oxidation sites excluding steroid dienone is 2. The SMILES string of the molecule is COc1cc([C@H]2C3=CC[C@@H]4C(=O)N(O)C(=O)[C@@H]4[C@@H]3C[C@@]3(Cl)C(=O)N(c4ccc(F)cc4)C(=O)[C@@]23Cl)cc(OC)c1O. The summed E-state index contributed by atoms with van der Waals surface area (Å²) in [6, 6.07) is 7.51. The standard InChI is InChI=1S/C28H23Cl2FN2O8/c1-40-18-9-12(10-19(41-2)22(18)34)21-15-7-8-16-20(24(36)33(39)23(16)35)17(15)11-27(29)25(37)32(26(38)28(21,27)30)14-5-3-13(31)4-6-14/h3-7,9-10,16-17,20-21,34,39H,8,11H2,1-2H3/t16-,17+,20-,21-,27+,28-/m0/s1. The third kappa shape index (κ3) is 3.45. The Kier molecular flexibility index (Phi) is 6.15. The molecule has 2 aromatic carbocycles. The van der Waals surface area contributed by atoms with Crippen LogP contribution in [0.15, 0.2) is 48.0 Å². The van der Waals surface area contributed by atoms with Gasteiger partial charge in [0, 0.05) is 5.92 Å². The van der Waals surface area contributed by atoms with E-state index in [4.69, 9.17) is 32.7 Å². The van der Waals surface area contributed by atoms with Crippen molar-refractivity contribution in [3.05, 3.63) is 59.4 Å². The number of anilines is 1. The number of phenols is 1. The van der Waals surface area contributed by atoms with Crippen molar-refractivity contribution in [2.24, 2.45) is 17.8 Å². The number of hydrogen-bond acceptors (Lipinski definition) is 8. The van der Waals surface area contributed by atoms with E-state index in [-0.39, 0.29) is 46.4 Å². The number of methoxy groups -OCH3 is 2. The minimum Gasteiger partial charge on any atom is -0.502 e. The summed E-state index contributed by atoms with van der Waals surface area (Å²) in [5.41, 5.74) is 0.787. The first-order valence-corrected chi connectivity index (χ1v) is 13.4. The highest BCUT2D eigenvalue weighted by Crippen LogP contribution is 2.66. The van der Waals surface area contributed by atoms with Crippen LogP contribution in [0.25, 0.3) is 0 Å². The van der Waals surface area contributed by atoms with Gasteiger partial charge in [-0.3, -0.25) is 24.4 Å². The number of imide groups is 2. The molecular formula is C28H23Cl2FN2O8. The molecule has 0 radical (unpaired) electrons. The van der Waals surface area contributed by atoms with Gasteiger partial charge in [0.1, 0.15) is 5.82 Å². The summed E-state index contributed by atoms with van der Waals surface area (Å²) in [7, 11) is 2.63. The Bertz CT molecular complexity index is 1540. The van der Waals surface area contributed by atoms with Crippen molar-refractivity contribution in [1.82, 2.24) is 5.06 Å². The van der Waals surface area contributed by atoms with Crippen LogP contribution in [0.1, 0.15) is 24.3 Å². The first kappa shape index (κ1) is 27.5. The van der Waals surface area contributed by atoms with Crippen LogP contribution in [0.3, 0.4) is 0 Å². The minimum absolute atomic E-state index is 0.0167. The molecular weight excluding hydrogens is 582 g/mol. The van der Waals surface area contributed by atoms with Gasteiger partial charge in [-0.25, -0.2) is 9.29 Å². The van der Waals surface area contributed by atoms with Crippen molar-refractivity contribution in [2.75, 3.05) is 19.1 Å². The van der Waals surface area contributed by atoms with Gasteiger partial charge < -0.3 is 14.6 Å². The zero-order chi connectivity index (χ0) is 29.6. The number of ether oxygens (including phenoxy) is 2. The van der Waals surface area contributed by atoms with Gasteiger partial charge in [-0.2, -0.15) is 5.06 Å². The molecule has 3 fully saturated rings. The molecule has 0 spiro atoms. The van der Waals surface area contributed by atoms with Crippen LogP contribution in [-0.4, -0.2) is 63.0 Å². The molecule has 2 aliphatic carbocycles. The molecule has 0 bridgehead atoms. The maximum Gasteiger partial charge on any atom is 0.258 e. The first-order chi connectivity index (χ1) is 19.4. The van der Waals surface area contributed by atoms with Crippen LogP contribution < -0.4 is 14.4 Å². The van der Waals surface area contributed by atoms with E-state index in [0.29, 0.717) is 5.57 Å². The lowest BCUT2D eigenvalue weighted by molar-refractivity contribution is -0.173. The fourth-order valence-electron chi connectivity index (χ4n) is 6.84. The second kappa shape index (κ2) is 9.17. The lowest BCUT2D eigenvalue weighted by Crippen LogP contribution is -2.60. The maximum atomic E-state index is 14.3. The van der Waals surface area contributed by atoms with E-state index in [0.717, 1.165) is 17.0 Å². The van der Waals surface area contributed by atoms with Crippen molar-refractivity contribution in [3.63, 3.8) is 0 Å². The molecule has 6 rings (SSSR count). The average molecular weight is 605 g/mol. The number of aromatic hydroxyl groups is 1. The number of nitrogens with zero attached hydrogens (tertiary/aromatic N) is 2. The Balaban J connectivity index is 1.61. The fraction of sp³-hybridized carbons (Fsp3) is 0.357. The topological polar surface area (TPSA) is 134 Å². The molecule has 0 aromatic heterocycles. The molecule has 4 aliphatic rings. The van der Waals surface area contributed by atoms with Crippen LogP contribution >= 0.6 is 23.2 Å². The second-order valence-corrected chi connectivity index (χ2v) is 11.8. The summed E-state index contributed by atoms with van der Waals surface area (Å²) in [5.74, 6) is -8.31. The number of alkyl halides is 2. The van der Waals surface area contributed by atoms with Crippen LogP contribution in [0.2, 0.25) is 0 Å². The molecule has 0 unspecified atom stereocenters. The summed E-state index contributed by atoms with van der Waals surface area (Å²) in [4.78, 5) is 50.7. The predicted octanol–water partition coefficient (Wildman–Crippen LogP) is 3.50. The summed E-state index contributed by atoms with van der Waals surface area (Å²) < 4.78 is 24.4. The summed E-state index contributed by atoms with van der Waals surface area (Å²) >= 11 is 14.5. The fourth-order valence-corrected chi connectivity index (χ4v) is 7.77. The molecule has 2 aromatic rings. The van der Waals surface area contributed by atoms with Gasteiger partial charge >= 0.3 is 0 Å². The van der Waals surface area contributed by atoms with Crippen molar-refractivity contribution in [2.45, 2.75) is 28.5 Å². The molecule has 214 valence electrons. The first-order valence-electron chi connectivity index (χ1n) is 12.6. The second-order valence-electron chi connectivity index (χ2n) is 10.5. The number of hydrogen-bond donors (Lipinski definition) is 2. The molecule has 6 atom stereocenters. The Labute approximate surface area is 242 Å². The van der Waals surface area contributed by atoms with E-state index in [2.05, 4.69) is 0 Å². The minimum atomic E-state index is -2.17. The van der Waals surface area contributed by atoms with Gasteiger partial charge in [-0.15, -0.1) is 23.2 Å². The highest BCUT2D eigenvalue weighted by Gasteiger charge is 2.76. The van der Waals surface area contributed by atoms with Crippen LogP contribution in [0.4, 0.5) is 10.1 Å². The summed E-state index contributed by atoms with van der Waals surface area (Å²) in [5, 5.41) is 20.8. The number of carbonyl (C=O) groups is 4. The van der Waals surface area contributed by atoms with Crippen LogP contribution in [-0.2, 0) is 19.2 Å². The number of hydroxylamine groups is 2. The maximum absolute atomic E-state index is 14.3. The molecule has 10 nitrogen and oxygen atoms in total. The Morgan fingerprint density at radius 1 is 0.951 bits per heavy atom. The zero-order valence-electron chi connectivity index (χ0n) is 21.6. The van der Waals surface area contributed by atoms with Gasteiger partial charge in [0.25, 0.3) is 23.6 Å². The third-order valence-electron chi connectivity index (χ3n) is 8.71. The molecule has 2 N–H and O–H groups in total. The lowest BCUT2D eigenvalue weighted by Gasteiger charge is -2.50. The number of halogens is 3. The third-order valence-corrected chi connectivity index (χ3v) is 10.1. The molecule has 1 saturated carbocycles. The highest BCUT2D eigenvalue weighted by atomic mass is 35.5. The van der Waals surface area contributed by atoms with Gasteiger partial charge in [-0.05, 0) is 60.7 Å². The number of fused-ring (bicyclic) bond motifs is 4. The molecule has 41 heavy (non-hydrogen) atoms. The van der Waals surface area contributed by atoms with E-state index < -0.39 is 62.9 Å². The quantitative estimate of drug-likeness (QED) is 0.234. The molecule has 4 amide bonds. The van der Waals surface area contributed by atoms with Crippen molar-refractivity contribution in [1.29, 1.82) is 0 Å². The number of phenolic OH excluding ortho intramolecular Hbond substituents is 1. The lowest BCUT2D eigenvalue weighted by atomic mass is 9.56. The average Bonchev–Trinajstić information content (AvgIpc) is 3.27. The number of rotatable bonds is 4. The Hall–Kier alpha value is -3.67. The number of carbonyl (C=O) groups excluding carboxylic acids is 4. The van der Waals surface area contributed by atoms with Gasteiger partial charge in [0.2, 0.25) is 5.75 Å². The van der Waals surface area contributed by atoms with E-state index in [9.17, 15) is 33.9 Å². The van der Waals surface area contributed by atoms with Crippen LogP contribution in [0, 0.1) is 23.6 Å². The van der Waals surface area contributed by atoms with E-state index in [1.165, 1.54) is 38.5 Å². The van der Waals surface area contributed by atoms with Crippen molar-refractivity contribution < 1.29 is 43.4 Å². The molecule has 13 heteroatoms. The Morgan fingerprint density at radius 2 is 1.56 bits per heavy atom. The van der Waals surface area contributed by atoms with Gasteiger partial charge in [-0.1, -0.05) is 11.6 Å². The number of benzene rings is 2. The van der Waals surface area contributed by atoms with Crippen LogP contribution in [0.5, 0.6) is 17.2 Å². The predicted molar refractivity (Wildman–Crippen MR) is 141 cm³/mol.